The molecular formula is C13H26N2O2. The Morgan fingerprint density at radius 2 is 2.06 bits per heavy atom. The van der Waals surface area contributed by atoms with Gasteiger partial charge in [-0.3, -0.25) is 4.79 Å². The summed E-state index contributed by atoms with van der Waals surface area (Å²) in [5, 5.41) is 11.9. The lowest BCUT2D eigenvalue weighted by Crippen LogP contribution is -2.32. The Morgan fingerprint density at radius 1 is 1.35 bits per heavy atom. The fourth-order valence-electron chi connectivity index (χ4n) is 2.35. The summed E-state index contributed by atoms with van der Waals surface area (Å²) in [6.07, 6.45) is 4.75. The van der Waals surface area contributed by atoms with Gasteiger partial charge in [0.15, 0.2) is 0 Å². The fourth-order valence-corrected chi connectivity index (χ4v) is 2.35. The third-order valence-electron chi connectivity index (χ3n) is 3.26. The molecule has 4 nitrogen and oxygen atoms in total. The maximum absolute atomic E-state index is 10.3. The molecular weight excluding hydrogens is 216 g/mol. The first-order valence-electron chi connectivity index (χ1n) is 6.83. The molecule has 1 rings (SSSR count). The van der Waals surface area contributed by atoms with Gasteiger partial charge in [0, 0.05) is 13.0 Å². The van der Waals surface area contributed by atoms with Crippen molar-refractivity contribution in [1.82, 2.24) is 10.2 Å². The Kier molecular flexibility index (Phi) is 7.21. The van der Waals surface area contributed by atoms with Crippen LogP contribution in [0.25, 0.3) is 0 Å². The summed E-state index contributed by atoms with van der Waals surface area (Å²) < 4.78 is 0. The Balaban J connectivity index is 1.89. The number of hydrogen-bond donors (Lipinski definition) is 2. The summed E-state index contributed by atoms with van der Waals surface area (Å²) >= 11 is 0. The Hall–Kier alpha value is -0.610. The molecule has 1 fully saturated rings. The number of likely N-dealkylation sites (tertiary alicyclic amines) is 1. The van der Waals surface area contributed by atoms with Gasteiger partial charge in [0.25, 0.3) is 0 Å². The van der Waals surface area contributed by atoms with Gasteiger partial charge < -0.3 is 15.3 Å². The first-order valence-corrected chi connectivity index (χ1v) is 6.83. The van der Waals surface area contributed by atoms with Crippen molar-refractivity contribution in [2.75, 3.05) is 32.7 Å². The highest BCUT2D eigenvalue weighted by atomic mass is 16.4. The van der Waals surface area contributed by atoms with Crippen molar-refractivity contribution in [3.8, 4) is 0 Å². The normalized spacial score (nSPS) is 18.4. The summed E-state index contributed by atoms with van der Waals surface area (Å²) in [6, 6.07) is 0. The van der Waals surface area contributed by atoms with Gasteiger partial charge in [0.2, 0.25) is 0 Å². The number of carbonyl (C=O) groups is 1. The lowest BCUT2D eigenvalue weighted by atomic mass is 10.1. The monoisotopic (exact) mass is 242 g/mol. The fraction of sp³-hybridized carbons (Fsp3) is 0.923. The number of unbranched alkanes of at least 4 members (excludes halogenated alkanes) is 1. The van der Waals surface area contributed by atoms with Crippen LogP contribution in [0.2, 0.25) is 0 Å². The van der Waals surface area contributed by atoms with Gasteiger partial charge in [-0.15, -0.1) is 0 Å². The summed E-state index contributed by atoms with van der Waals surface area (Å²) in [6.45, 7) is 8.00. The summed E-state index contributed by atoms with van der Waals surface area (Å²) in [5.41, 5.74) is 0. The number of rotatable bonds is 9. The molecule has 17 heavy (non-hydrogen) atoms. The van der Waals surface area contributed by atoms with E-state index in [2.05, 4.69) is 17.1 Å². The van der Waals surface area contributed by atoms with Crippen molar-refractivity contribution in [1.29, 1.82) is 0 Å². The lowest BCUT2D eigenvalue weighted by molar-refractivity contribution is -0.137. The van der Waals surface area contributed by atoms with E-state index >= 15 is 0 Å². The Bertz CT molecular complexity index is 215. The smallest absolute Gasteiger partial charge is 0.303 e. The molecule has 0 saturated carbocycles. The number of nitrogens with one attached hydrogen (secondary N) is 1. The van der Waals surface area contributed by atoms with Crippen molar-refractivity contribution < 1.29 is 9.90 Å². The standard InChI is InChI=1S/C13H26N2O2/c1-12(11-15-8-4-5-9-15)10-14-7-3-2-6-13(16)17/h12,14H,2-11H2,1H3,(H,16,17). The van der Waals surface area contributed by atoms with E-state index in [1.165, 1.54) is 32.5 Å². The molecule has 0 bridgehead atoms. The van der Waals surface area contributed by atoms with Gasteiger partial charge in [0.05, 0.1) is 0 Å². The van der Waals surface area contributed by atoms with Crippen LogP contribution in [0.5, 0.6) is 0 Å². The Labute approximate surface area is 104 Å². The van der Waals surface area contributed by atoms with Gasteiger partial charge in [-0.1, -0.05) is 6.92 Å². The second-order valence-electron chi connectivity index (χ2n) is 5.17. The third-order valence-corrected chi connectivity index (χ3v) is 3.26. The van der Waals surface area contributed by atoms with Crippen LogP contribution in [0.1, 0.15) is 39.0 Å². The van der Waals surface area contributed by atoms with Gasteiger partial charge in [-0.05, 0) is 57.8 Å². The molecule has 0 radical (unpaired) electrons. The number of aliphatic carboxylic acids is 1. The first kappa shape index (κ1) is 14.5. The highest BCUT2D eigenvalue weighted by molar-refractivity contribution is 5.66. The molecule has 2 N–H and O–H groups in total. The maximum Gasteiger partial charge on any atom is 0.303 e. The van der Waals surface area contributed by atoms with E-state index in [0.717, 1.165) is 25.9 Å². The predicted octanol–water partition coefficient (Wildman–Crippen LogP) is 1.56. The minimum atomic E-state index is -0.688. The van der Waals surface area contributed by atoms with Gasteiger partial charge in [0.1, 0.15) is 0 Å². The zero-order valence-corrected chi connectivity index (χ0v) is 11.0. The molecule has 0 aromatic carbocycles. The van der Waals surface area contributed by atoms with Crippen LogP contribution in [0.3, 0.4) is 0 Å². The average molecular weight is 242 g/mol. The van der Waals surface area contributed by atoms with Crippen molar-refractivity contribution in [2.45, 2.75) is 39.0 Å². The lowest BCUT2D eigenvalue weighted by Gasteiger charge is -2.20. The SMILES string of the molecule is CC(CNCCCCC(=O)O)CN1CCCC1. The number of hydrogen-bond acceptors (Lipinski definition) is 3. The summed E-state index contributed by atoms with van der Waals surface area (Å²) in [7, 11) is 0. The Morgan fingerprint density at radius 3 is 2.71 bits per heavy atom. The maximum atomic E-state index is 10.3. The quantitative estimate of drug-likeness (QED) is 0.603. The average Bonchev–Trinajstić information content (AvgIpc) is 2.75. The molecule has 0 aromatic heterocycles. The molecule has 4 heteroatoms. The predicted molar refractivity (Wildman–Crippen MR) is 69.2 cm³/mol. The molecule has 0 amide bonds. The highest BCUT2D eigenvalue weighted by Gasteiger charge is 2.13. The van der Waals surface area contributed by atoms with Crippen molar-refractivity contribution in [2.24, 2.45) is 5.92 Å². The first-order chi connectivity index (χ1) is 8.18. The third kappa shape index (κ3) is 7.34. The van der Waals surface area contributed by atoms with Crippen molar-refractivity contribution in [3.63, 3.8) is 0 Å². The zero-order valence-electron chi connectivity index (χ0n) is 11.0. The van der Waals surface area contributed by atoms with E-state index in [0.29, 0.717) is 12.3 Å². The van der Waals surface area contributed by atoms with Crippen LogP contribution in [-0.4, -0.2) is 48.7 Å². The second kappa shape index (κ2) is 8.48. The molecule has 0 aromatic rings. The second-order valence-corrected chi connectivity index (χ2v) is 5.17. The van der Waals surface area contributed by atoms with E-state index in [9.17, 15) is 4.79 Å². The van der Waals surface area contributed by atoms with E-state index < -0.39 is 5.97 Å². The van der Waals surface area contributed by atoms with E-state index in [1.807, 2.05) is 0 Å². The van der Waals surface area contributed by atoms with E-state index in [-0.39, 0.29) is 0 Å². The van der Waals surface area contributed by atoms with Gasteiger partial charge >= 0.3 is 5.97 Å². The van der Waals surface area contributed by atoms with E-state index in [4.69, 9.17) is 5.11 Å². The van der Waals surface area contributed by atoms with Crippen molar-refractivity contribution >= 4 is 5.97 Å². The zero-order chi connectivity index (χ0) is 12.5. The summed E-state index contributed by atoms with van der Waals surface area (Å²) in [4.78, 5) is 12.8. The number of nitrogens with zero attached hydrogens (tertiary/aromatic N) is 1. The minimum absolute atomic E-state index is 0.297. The molecule has 0 spiro atoms. The number of carboxylic acid groups (broad SMARTS) is 1. The van der Waals surface area contributed by atoms with Crippen LogP contribution < -0.4 is 5.32 Å². The molecule has 0 aliphatic carbocycles. The minimum Gasteiger partial charge on any atom is -0.481 e. The molecule has 1 saturated heterocycles. The van der Waals surface area contributed by atoms with Crippen LogP contribution in [-0.2, 0) is 4.79 Å². The van der Waals surface area contributed by atoms with Gasteiger partial charge in [-0.2, -0.15) is 0 Å². The molecule has 1 atom stereocenters. The largest absolute Gasteiger partial charge is 0.481 e. The molecule has 1 aliphatic heterocycles. The van der Waals surface area contributed by atoms with Crippen molar-refractivity contribution in [3.05, 3.63) is 0 Å². The van der Waals surface area contributed by atoms with Crippen LogP contribution in [0, 0.1) is 5.92 Å². The van der Waals surface area contributed by atoms with E-state index in [1.54, 1.807) is 0 Å². The molecule has 1 aliphatic rings. The van der Waals surface area contributed by atoms with Crippen LogP contribution in [0.15, 0.2) is 0 Å². The van der Waals surface area contributed by atoms with Crippen LogP contribution in [0.4, 0.5) is 0 Å². The topological polar surface area (TPSA) is 52.6 Å². The molecule has 1 unspecified atom stereocenters. The summed E-state index contributed by atoms with van der Waals surface area (Å²) in [5.74, 6) is -0.0000230. The van der Waals surface area contributed by atoms with Crippen LogP contribution >= 0.6 is 0 Å². The highest BCUT2D eigenvalue weighted by Crippen LogP contribution is 2.09. The number of carboxylic acids is 1. The molecule has 1 heterocycles. The molecule has 100 valence electrons. The van der Waals surface area contributed by atoms with Gasteiger partial charge in [-0.25, -0.2) is 0 Å².